The van der Waals surface area contributed by atoms with Crippen molar-refractivity contribution >= 4 is 11.8 Å². The summed E-state index contributed by atoms with van der Waals surface area (Å²) in [6.45, 7) is 2.61. The Morgan fingerprint density at radius 2 is 1.85 bits per heavy atom. The van der Waals surface area contributed by atoms with Crippen LogP contribution in [0, 0.1) is 11.8 Å². The molecule has 2 amide bonds. The van der Waals surface area contributed by atoms with E-state index in [9.17, 15) is 9.59 Å². The van der Waals surface area contributed by atoms with E-state index in [-0.39, 0.29) is 29.7 Å². The zero-order valence-corrected chi connectivity index (χ0v) is 15.3. The van der Waals surface area contributed by atoms with Crippen molar-refractivity contribution in [1.29, 1.82) is 0 Å². The average molecular weight is 351 g/mol. The lowest BCUT2D eigenvalue weighted by Gasteiger charge is -2.18. The summed E-state index contributed by atoms with van der Waals surface area (Å²) in [5.74, 6) is -0.341. The minimum absolute atomic E-state index is 0.0257. The van der Waals surface area contributed by atoms with Crippen LogP contribution in [0.15, 0.2) is 54.9 Å². The van der Waals surface area contributed by atoms with Gasteiger partial charge >= 0.3 is 0 Å². The van der Waals surface area contributed by atoms with Crippen molar-refractivity contribution in [3.05, 3.63) is 66.0 Å². The van der Waals surface area contributed by atoms with Gasteiger partial charge in [-0.2, -0.15) is 0 Å². The molecule has 0 radical (unpaired) electrons. The number of amides is 2. The minimum atomic E-state index is -0.197. The second-order valence-electron chi connectivity index (χ2n) is 6.95. The molecule has 5 nitrogen and oxygen atoms in total. The van der Waals surface area contributed by atoms with Gasteiger partial charge < -0.3 is 10.2 Å². The molecular weight excluding hydrogens is 326 g/mol. The molecule has 3 unspecified atom stereocenters. The molecule has 1 aromatic carbocycles. The van der Waals surface area contributed by atoms with Crippen LogP contribution < -0.4 is 5.32 Å². The number of nitrogens with one attached hydrogen (secondary N) is 1. The highest BCUT2D eigenvalue weighted by molar-refractivity contribution is 5.92. The lowest BCUT2D eigenvalue weighted by atomic mass is 10.1. The van der Waals surface area contributed by atoms with Crippen LogP contribution in [0.5, 0.6) is 0 Å². The second kappa shape index (κ2) is 8.13. The Labute approximate surface area is 154 Å². The minimum Gasteiger partial charge on any atom is -0.349 e. The fraction of sp³-hybridized carbons (Fsp3) is 0.381. The van der Waals surface area contributed by atoms with Gasteiger partial charge in [-0.1, -0.05) is 30.3 Å². The van der Waals surface area contributed by atoms with E-state index in [0.717, 1.165) is 17.5 Å². The van der Waals surface area contributed by atoms with Crippen LogP contribution >= 0.6 is 0 Å². The van der Waals surface area contributed by atoms with E-state index in [1.165, 1.54) is 0 Å². The maximum Gasteiger partial charge on any atom is 0.226 e. The van der Waals surface area contributed by atoms with Crippen LogP contribution in [0.1, 0.15) is 30.5 Å². The normalized spacial score (nSPS) is 19.5. The van der Waals surface area contributed by atoms with Crippen molar-refractivity contribution in [1.82, 2.24) is 15.2 Å². The fourth-order valence-corrected chi connectivity index (χ4v) is 3.14. The third-order valence-electron chi connectivity index (χ3n) is 4.96. The molecule has 1 aliphatic rings. The smallest absolute Gasteiger partial charge is 0.226 e. The summed E-state index contributed by atoms with van der Waals surface area (Å²) in [7, 11) is 1.81. The van der Waals surface area contributed by atoms with Crippen molar-refractivity contribution in [2.24, 2.45) is 11.8 Å². The average Bonchev–Trinajstić information content (AvgIpc) is 3.48. The molecule has 2 aromatic rings. The number of hydrogen-bond donors (Lipinski definition) is 1. The molecule has 5 heteroatoms. The number of likely N-dealkylation sites (N-methyl/N-ethyl adjacent to an activating group) is 1. The summed E-state index contributed by atoms with van der Waals surface area (Å²) >= 11 is 0. The maximum atomic E-state index is 12.5. The molecule has 0 spiro atoms. The van der Waals surface area contributed by atoms with E-state index in [4.69, 9.17) is 0 Å². The molecule has 0 saturated heterocycles. The van der Waals surface area contributed by atoms with Crippen molar-refractivity contribution < 1.29 is 9.59 Å². The third-order valence-corrected chi connectivity index (χ3v) is 4.96. The fourth-order valence-electron chi connectivity index (χ4n) is 3.14. The molecule has 136 valence electrons. The molecule has 26 heavy (non-hydrogen) atoms. The summed E-state index contributed by atoms with van der Waals surface area (Å²) in [5, 5.41) is 3.02. The summed E-state index contributed by atoms with van der Waals surface area (Å²) < 4.78 is 0. The van der Waals surface area contributed by atoms with Crippen LogP contribution in [0.4, 0.5) is 0 Å². The quantitative estimate of drug-likeness (QED) is 0.834. The summed E-state index contributed by atoms with van der Waals surface area (Å²) in [4.78, 5) is 30.7. The number of rotatable bonds is 7. The predicted molar refractivity (Wildman–Crippen MR) is 100 cm³/mol. The SMILES string of the molecule is CC(NC(=O)C1CC1C(=O)N(C)CCc1ccncc1)c1ccccc1. The third kappa shape index (κ3) is 4.48. The Bertz CT molecular complexity index is 748. The Hall–Kier alpha value is -2.69. The maximum absolute atomic E-state index is 12.5. The summed E-state index contributed by atoms with van der Waals surface area (Å²) in [5.41, 5.74) is 2.22. The van der Waals surface area contributed by atoms with Crippen LogP contribution in [0.3, 0.4) is 0 Å². The van der Waals surface area contributed by atoms with Crippen LogP contribution in [-0.4, -0.2) is 35.3 Å². The van der Waals surface area contributed by atoms with Crippen LogP contribution in [0.25, 0.3) is 0 Å². The molecule has 1 saturated carbocycles. The predicted octanol–water partition coefficient (Wildman–Crippen LogP) is 2.60. The largest absolute Gasteiger partial charge is 0.349 e. The number of benzene rings is 1. The van der Waals surface area contributed by atoms with Crippen molar-refractivity contribution in [3.8, 4) is 0 Å². The Balaban J connectivity index is 1.46. The second-order valence-corrected chi connectivity index (χ2v) is 6.95. The molecule has 1 N–H and O–H groups in total. The van der Waals surface area contributed by atoms with Crippen LogP contribution in [0.2, 0.25) is 0 Å². The standard InChI is InChI=1S/C21H25N3O2/c1-15(17-6-4-3-5-7-17)23-20(25)18-14-19(18)21(26)24(2)13-10-16-8-11-22-12-9-16/h3-9,11-12,15,18-19H,10,13-14H2,1-2H3,(H,23,25). The number of nitrogens with zero attached hydrogens (tertiary/aromatic N) is 2. The van der Waals surface area contributed by atoms with Gasteiger partial charge in [-0.25, -0.2) is 0 Å². The highest BCUT2D eigenvalue weighted by atomic mass is 16.2. The van der Waals surface area contributed by atoms with Gasteiger partial charge in [-0.05, 0) is 43.0 Å². The molecule has 3 atom stereocenters. The van der Waals surface area contributed by atoms with Crippen molar-refractivity contribution in [3.63, 3.8) is 0 Å². The van der Waals surface area contributed by atoms with E-state index < -0.39 is 0 Å². The van der Waals surface area contributed by atoms with Gasteiger partial charge in [0, 0.05) is 26.0 Å². The monoisotopic (exact) mass is 351 g/mol. The van der Waals surface area contributed by atoms with Gasteiger partial charge in [-0.3, -0.25) is 14.6 Å². The first kappa shape index (κ1) is 18.1. The van der Waals surface area contributed by atoms with Gasteiger partial charge in [-0.15, -0.1) is 0 Å². The van der Waals surface area contributed by atoms with E-state index in [1.54, 1.807) is 17.3 Å². The topological polar surface area (TPSA) is 62.3 Å². The van der Waals surface area contributed by atoms with Crippen molar-refractivity contribution in [2.45, 2.75) is 25.8 Å². The molecule has 0 aliphatic heterocycles. The van der Waals surface area contributed by atoms with Gasteiger partial charge in [0.2, 0.25) is 11.8 Å². The zero-order chi connectivity index (χ0) is 18.5. The van der Waals surface area contributed by atoms with E-state index in [1.807, 2.05) is 56.4 Å². The molecule has 1 aliphatic carbocycles. The highest BCUT2D eigenvalue weighted by Gasteiger charge is 2.49. The molecule has 3 rings (SSSR count). The highest BCUT2D eigenvalue weighted by Crippen LogP contribution is 2.40. The molecule has 1 heterocycles. The van der Waals surface area contributed by atoms with Gasteiger partial charge in [0.15, 0.2) is 0 Å². The van der Waals surface area contributed by atoms with Crippen molar-refractivity contribution in [2.75, 3.05) is 13.6 Å². The van der Waals surface area contributed by atoms with Gasteiger partial charge in [0.05, 0.1) is 17.9 Å². The Morgan fingerprint density at radius 3 is 2.54 bits per heavy atom. The Morgan fingerprint density at radius 1 is 1.15 bits per heavy atom. The number of carbonyl (C=O) groups excluding carboxylic acids is 2. The number of hydrogen-bond acceptors (Lipinski definition) is 3. The molecule has 0 bridgehead atoms. The summed E-state index contributed by atoms with van der Waals surface area (Å²) in [6.07, 6.45) is 4.95. The first-order chi connectivity index (χ1) is 12.6. The van der Waals surface area contributed by atoms with Crippen LogP contribution in [-0.2, 0) is 16.0 Å². The summed E-state index contributed by atoms with van der Waals surface area (Å²) in [6, 6.07) is 13.7. The van der Waals surface area contributed by atoms with Gasteiger partial charge in [0.25, 0.3) is 0 Å². The molecule has 1 aromatic heterocycles. The molecule has 1 fully saturated rings. The number of carbonyl (C=O) groups is 2. The number of aromatic nitrogens is 1. The first-order valence-corrected chi connectivity index (χ1v) is 9.05. The number of pyridine rings is 1. The zero-order valence-electron chi connectivity index (χ0n) is 15.3. The van der Waals surface area contributed by atoms with E-state index in [0.29, 0.717) is 13.0 Å². The lowest BCUT2D eigenvalue weighted by Crippen LogP contribution is -2.33. The van der Waals surface area contributed by atoms with E-state index >= 15 is 0 Å². The lowest BCUT2D eigenvalue weighted by molar-refractivity contribution is -0.133. The first-order valence-electron chi connectivity index (χ1n) is 9.05. The molecular formula is C21H25N3O2. The Kier molecular flexibility index (Phi) is 5.66. The van der Waals surface area contributed by atoms with Gasteiger partial charge in [0.1, 0.15) is 0 Å². The van der Waals surface area contributed by atoms with E-state index in [2.05, 4.69) is 10.3 Å².